The first-order valence-corrected chi connectivity index (χ1v) is 7.01. The topological polar surface area (TPSA) is 41.8 Å². The monoisotopic (exact) mass is 326 g/mol. The highest BCUT2D eigenvalue weighted by Crippen LogP contribution is 2.33. The molecule has 0 fully saturated rings. The van der Waals surface area contributed by atoms with E-state index in [-0.39, 0.29) is 5.75 Å². The van der Waals surface area contributed by atoms with Crippen molar-refractivity contribution in [3.8, 4) is 16.9 Å². The van der Waals surface area contributed by atoms with Crippen molar-refractivity contribution in [2.45, 2.75) is 5.51 Å². The molecule has 0 bridgehead atoms. The Kier molecular flexibility index (Phi) is 3.69. The van der Waals surface area contributed by atoms with E-state index >= 15 is 0 Å². The van der Waals surface area contributed by atoms with Gasteiger partial charge in [-0.05, 0) is 24.3 Å². The Morgan fingerprint density at radius 3 is 2.73 bits per heavy atom. The van der Waals surface area contributed by atoms with Gasteiger partial charge in [-0.15, -0.1) is 4.68 Å². The number of fused-ring (bicyclic) bond motifs is 1. The van der Waals surface area contributed by atoms with Crippen LogP contribution in [0.2, 0.25) is 0 Å². The van der Waals surface area contributed by atoms with Crippen LogP contribution in [0.4, 0.5) is 13.2 Å². The Balaban J connectivity index is 1.92. The molecule has 0 unspecified atom stereocenters. The summed E-state index contributed by atoms with van der Waals surface area (Å²) in [5, 5.41) is 3.71. The zero-order chi connectivity index (χ0) is 15.7. The molecule has 0 saturated heterocycles. The van der Waals surface area contributed by atoms with E-state index < -0.39 is 17.6 Å². The molecule has 0 spiro atoms. The normalized spacial score (nSPS) is 11.8. The number of aryl methyl sites for hydroxylation is 1. The van der Waals surface area contributed by atoms with E-state index in [1.165, 1.54) is 12.1 Å². The number of pyridine rings is 1. The molecule has 0 saturated carbocycles. The summed E-state index contributed by atoms with van der Waals surface area (Å²) in [5.41, 5.74) is -1.94. The average Bonchev–Trinajstić information content (AvgIpc) is 2.90. The third-order valence-corrected chi connectivity index (χ3v) is 3.44. The number of rotatable bonds is 3. The molecule has 0 atom stereocenters. The molecule has 1 N–H and O–H groups in total. The van der Waals surface area contributed by atoms with E-state index in [2.05, 4.69) is 14.3 Å². The summed E-state index contributed by atoms with van der Waals surface area (Å²) in [4.78, 5) is 4.31. The van der Waals surface area contributed by atoms with Crippen LogP contribution in [0.5, 0.6) is 5.75 Å². The molecule has 0 radical (unpaired) electrons. The van der Waals surface area contributed by atoms with Crippen molar-refractivity contribution >= 4 is 22.9 Å². The highest BCUT2D eigenvalue weighted by molar-refractivity contribution is 7.95. The molecular formula is C14H11F3N3OS+. The second-order valence-electron chi connectivity index (χ2n) is 4.66. The lowest BCUT2D eigenvalue weighted by atomic mass is 10.1. The van der Waals surface area contributed by atoms with Crippen LogP contribution in [-0.2, 0) is 7.05 Å². The van der Waals surface area contributed by atoms with Crippen LogP contribution in [0.25, 0.3) is 22.0 Å². The van der Waals surface area contributed by atoms with Gasteiger partial charge in [0.1, 0.15) is 5.75 Å². The number of hydrogen-bond donors (Lipinski definition) is 1. The first-order valence-electron chi connectivity index (χ1n) is 6.27. The van der Waals surface area contributed by atoms with E-state index in [4.69, 9.17) is 0 Å². The van der Waals surface area contributed by atoms with Gasteiger partial charge in [0.25, 0.3) is 0 Å². The predicted octanol–water partition coefficient (Wildman–Crippen LogP) is 3.60. The molecule has 0 aliphatic carbocycles. The minimum absolute atomic E-state index is 0.133. The van der Waals surface area contributed by atoms with Gasteiger partial charge in [-0.2, -0.15) is 18.3 Å². The van der Waals surface area contributed by atoms with Crippen LogP contribution in [-0.4, -0.2) is 15.6 Å². The molecule has 22 heavy (non-hydrogen) atoms. The van der Waals surface area contributed by atoms with Crippen LogP contribution < -0.4 is 8.86 Å². The van der Waals surface area contributed by atoms with Gasteiger partial charge in [0, 0.05) is 17.1 Å². The second-order valence-corrected chi connectivity index (χ2v) is 5.46. The first kappa shape index (κ1) is 14.7. The van der Waals surface area contributed by atoms with E-state index in [0.717, 1.165) is 11.1 Å². The van der Waals surface area contributed by atoms with Crippen molar-refractivity contribution < 1.29 is 22.0 Å². The van der Waals surface area contributed by atoms with Crippen LogP contribution in [0.15, 0.2) is 42.9 Å². The van der Waals surface area contributed by atoms with Crippen LogP contribution in [0.3, 0.4) is 0 Å². The van der Waals surface area contributed by atoms with Gasteiger partial charge >= 0.3 is 5.51 Å². The van der Waals surface area contributed by atoms with Crippen LogP contribution in [0, 0.1) is 0 Å². The Morgan fingerprint density at radius 1 is 1.23 bits per heavy atom. The summed E-state index contributed by atoms with van der Waals surface area (Å²) in [6.07, 6.45) is 5.43. The Labute approximate surface area is 128 Å². The minimum Gasteiger partial charge on any atom is -0.417 e. The average molecular weight is 326 g/mol. The van der Waals surface area contributed by atoms with Crippen molar-refractivity contribution in [3.63, 3.8) is 0 Å². The lowest BCUT2D eigenvalue weighted by Gasteiger charge is -2.07. The molecule has 0 aliphatic rings. The number of aromatic nitrogens is 3. The highest BCUT2D eigenvalue weighted by atomic mass is 32.2. The van der Waals surface area contributed by atoms with Gasteiger partial charge < -0.3 is 4.18 Å². The third kappa shape index (κ3) is 3.33. The number of alkyl halides is 3. The van der Waals surface area contributed by atoms with E-state index in [0.29, 0.717) is 10.9 Å². The van der Waals surface area contributed by atoms with Crippen molar-refractivity contribution in [3.05, 3.63) is 42.9 Å². The van der Waals surface area contributed by atoms with Gasteiger partial charge in [0.2, 0.25) is 6.20 Å². The number of halogens is 3. The van der Waals surface area contributed by atoms with Crippen molar-refractivity contribution in [1.29, 1.82) is 0 Å². The molecule has 1 aromatic carbocycles. The molecule has 3 rings (SSSR count). The standard InChI is InChI=1S/C14H10F3N3OS/c1-20-8-11(7-19-20)10-4-9-5-12(21-22-14(15,16)17)2-3-13(9)18-6-10/h2-8H,1H3/p+1. The minimum atomic E-state index is -4.44. The van der Waals surface area contributed by atoms with Crippen molar-refractivity contribution in [2.24, 2.45) is 7.05 Å². The van der Waals surface area contributed by atoms with Crippen LogP contribution >= 0.6 is 12.0 Å². The number of hydrogen-bond acceptors (Lipinski definition) is 3. The number of H-pyrrole nitrogens is 1. The predicted molar refractivity (Wildman–Crippen MR) is 77.0 cm³/mol. The molecule has 114 valence electrons. The smallest absolute Gasteiger partial charge is 0.417 e. The molecule has 3 aromatic rings. The van der Waals surface area contributed by atoms with Gasteiger partial charge in [0.05, 0.1) is 17.3 Å². The maximum Gasteiger partial charge on any atom is 0.479 e. The Morgan fingerprint density at radius 2 is 2.05 bits per heavy atom. The number of nitrogens with one attached hydrogen (secondary N) is 1. The lowest BCUT2D eigenvalue weighted by molar-refractivity contribution is -0.726. The fraction of sp³-hybridized carbons (Fsp3) is 0.143. The summed E-state index contributed by atoms with van der Waals surface area (Å²) in [6, 6.07) is 6.49. The zero-order valence-electron chi connectivity index (χ0n) is 11.4. The fourth-order valence-corrected chi connectivity index (χ4v) is 2.32. The molecule has 2 heterocycles. The van der Waals surface area contributed by atoms with Crippen molar-refractivity contribution in [2.75, 3.05) is 0 Å². The quantitative estimate of drug-likeness (QED) is 0.591. The lowest BCUT2D eigenvalue weighted by Crippen LogP contribution is -2.27. The molecule has 0 amide bonds. The van der Waals surface area contributed by atoms with Crippen LogP contribution in [0.1, 0.15) is 0 Å². The maximum absolute atomic E-state index is 12.2. The van der Waals surface area contributed by atoms with E-state index in [9.17, 15) is 13.2 Å². The third-order valence-electron chi connectivity index (χ3n) is 2.97. The van der Waals surface area contributed by atoms with Gasteiger partial charge in [-0.25, -0.2) is 0 Å². The Bertz CT molecular complexity index is 816. The zero-order valence-corrected chi connectivity index (χ0v) is 12.2. The molecule has 0 aliphatic heterocycles. The van der Waals surface area contributed by atoms with E-state index in [1.54, 1.807) is 16.9 Å². The van der Waals surface area contributed by atoms with Gasteiger partial charge in [-0.3, -0.25) is 4.98 Å². The SMILES string of the molecule is C[n+]1cc(-c2cnc3ccc(OSC(F)(F)F)cc3c2)c[nH]1. The van der Waals surface area contributed by atoms with Gasteiger partial charge in [0.15, 0.2) is 19.1 Å². The highest BCUT2D eigenvalue weighted by Gasteiger charge is 2.31. The fourth-order valence-electron chi connectivity index (χ4n) is 2.03. The second kappa shape index (κ2) is 5.53. The van der Waals surface area contributed by atoms with Crippen molar-refractivity contribution in [1.82, 2.24) is 10.1 Å². The Hall–Kier alpha value is -2.22. The molecular weight excluding hydrogens is 315 g/mol. The largest absolute Gasteiger partial charge is 0.479 e. The summed E-state index contributed by atoms with van der Waals surface area (Å²) >= 11 is -0.530. The molecule has 8 heteroatoms. The molecule has 4 nitrogen and oxygen atoms in total. The maximum atomic E-state index is 12.2. The molecule has 2 aromatic heterocycles. The summed E-state index contributed by atoms with van der Waals surface area (Å²) in [5.74, 6) is 0.133. The summed E-state index contributed by atoms with van der Waals surface area (Å²) in [7, 11) is 1.86. The van der Waals surface area contributed by atoms with Gasteiger partial charge in [-0.1, -0.05) is 0 Å². The first-order chi connectivity index (χ1) is 10.4. The number of benzene rings is 1. The number of aromatic amines is 1. The summed E-state index contributed by atoms with van der Waals surface area (Å²) in [6.45, 7) is 0. The summed E-state index contributed by atoms with van der Waals surface area (Å²) < 4.78 is 43.0. The van der Waals surface area contributed by atoms with E-state index in [1.807, 2.05) is 25.5 Å². The number of nitrogens with zero attached hydrogens (tertiary/aromatic N) is 2.